The summed E-state index contributed by atoms with van der Waals surface area (Å²) in [5.74, 6) is -1.46. The quantitative estimate of drug-likeness (QED) is 0.699. The van der Waals surface area contributed by atoms with E-state index in [2.05, 4.69) is 10.5 Å². The van der Waals surface area contributed by atoms with Crippen molar-refractivity contribution in [2.24, 2.45) is 5.10 Å². The molecule has 1 amide bonds. The fraction of sp³-hybridized carbons (Fsp3) is 0. The van der Waals surface area contributed by atoms with Crippen LogP contribution in [0.15, 0.2) is 35.4 Å². The average molecular weight is 308 g/mol. The minimum Gasteiger partial charge on any atom is -0.267 e. The lowest BCUT2D eigenvalue weighted by Crippen LogP contribution is -2.19. The fourth-order valence-electron chi connectivity index (χ4n) is 1.38. The smallest absolute Gasteiger partial charge is 0.267 e. The van der Waals surface area contributed by atoms with Gasteiger partial charge < -0.3 is 0 Å². The largest absolute Gasteiger partial charge is 0.274 e. The van der Waals surface area contributed by atoms with Crippen LogP contribution in [0.3, 0.4) is 0 Å². The van der Waals surface area contributed by atoms with Gasteiger partial charge in [-0.25, -0.2) is 9.82 Å². The molecule has 2 aromatic rings. The molecule has 1 aromatic carbocycles. The third kappa shape index (κ3) is 3.41. The maximum absolute atomic E-state index is 13.6. The number of nitrogens with one attached hydrogen (secondary N) is 1. The molecule has 0 bridgehead atoms. The van der Waals surface area contributed by atoms with Crippen molar-refractivity contribution in [2.45, 2.75) is 0 Å². The van der Waals surface area contributed by atoms with E-state index in [0.29, 0.717) is 4.34 Å². The average Bonchev–Trinajstić information content (AvgIpc) is 2.84. The van der Waals surface area contributed by atoms with Gasteiger partial charge in [0.25, 0.3) is 5.91 Å². The minimum atomic E-state index is -0.768. The van der Waals surface area contributed by atoms with Crippen LogP contribution >= 0.6 is 22.9 Å². The van der Waals surface area contributed by atoms with Crippen molar-refractivity contribution < 1.29 is 9.18 Å². The number of hydrazone groups is 1. The summed E-state index contributed by atoms with van der Waals surface area (Å²) in [6.45, 7) is 0. The van der Waals surface area contributed by atoms with E-state index in [4.69, 9.17) is 16.9 Å². The molecule has 7 heteroatoms. The maximum Gasteiger partial charge on any atom is 0.274 e. The molecule has 2 rings (SSSR count). The highest BCUT2D eigenvalue weighted by Crippen LogP contribution is 2.19. The van der Waals surface area contributed by atoms with E-state index in [-0.39, 0.29) is 11.1 Å². The lowest BCUT2D eigenvalue weighted by atomic mass is 10.1. The van der Waals surface area contributed by atoms with Gasteiger partial charge >= 0.3 is 0 Å². The van der Waals surface area contributed by atoms with Gasteiger partial charge in [-0.05, 0) is 30.3 Å². The Kier molecular flexibility index (Phi) is 4.45. The summed E-state index contributed by atoms with van der Waals surface area (Å²) >= 11 is 7.04. The van der Waals surface area contributed by atoms with Gasteiger partial charge in [0.15, 0.2) is 0 Å². The van der Waals surface area contributed by atoms with E-state index in [1.54, 1.807) is 18.2 Å². The topological polar surface area (TPSA) is 65.2 Å². The van der Waals surface area contributed by atoms with Crippen molar-refractivity contribution >= 4 is 35.1 Å². The van der Waals surface area contributed by atoms with Crippen molar-refractivity contribution in [3.8, 4) is 6.07 Å². The SMILES string of the molecule is N#Cc1ccc(C(=O)N/N=C\c2ccc(Cl)s2)c(F)c1. The summed E-state index contributed by atoms with van der Waals surface area (Å²) in [5.41, 5.74) is 2.18. The van der Waals surface area contributed by atoms with Crippen LogP contribution in [-0.2, 0) is 0 Å². The van der Waals surface area contributed by atoms with Crippen LogP contribution in [0.1, 0.15) is 20.8 Å². The standard InChI is InChI=1S/C13H7ClFN3OS/c14-12-4-2-9(20-12)7-17-18-13(19)10-3-1-8(6-16)5-11(10)15/h1-5,7H,(H,18,19)/b17-7-. The van der Waals surface area contributed by atoms with E-state index >= 15 is 0 Å². The molecule has 4 nitrogen and oxygen atoms in total. The van der Waals surface area contributed by atoms with Gasteiger partial charge in [-0.15, -0.1) is 11.3 Å². The second-order valence-electron chi connectivity index (χ2n) is 3.65. The van der Waals surface area contributed by atoms with Crippen LogP contribution in [0.5, 0.6) is 0 Å². The van der Waals surface area contributed by atoms with Crippen LogP contribution in [0.4, 0.5) is 4.39 Å². The zero-order valence-corrected chi connectivity index (χ0v) is 11.5. The van der Waals surface area contributed by atoms with Crippen molar-refractivity contribution in [2.75, 3.05) is 0 Å². The first-order valence-corrected chi connectivity index (χ1v) is 6.58. The fourth-order valence-corrected chi connectivity index (χ4v) is 2.31. The molecule has 20 heavy (non-hydrogen) atoms. The molecular formula is C13H7ClFN3OS. The molecule has 1 aromatic heterocycles. The Morgan fingerprint density at radius 3 is 2.85 bits per heavy atom. The Morgan fingerprint density at radius 1 is 1.45 bits per heavy atom. The summed E-state index contributed by atoms with van der Waals surface area (Å²) < 4.78 is 14.2. The molecule has 0 aliphatic carbocycles. The second-order valence-corrected chi connectivity index (χ2v) is 5.39. The molecule has 100 valence electrons. The summed E-state index contributed by atoms with van der Waals surface area (Å²) in [5, 5.41) is 12.3. The first-order valence-electron chi connectivity index (χ1n) is 5.38. The third-order valence-electron chi connectivity index (χ3n) is 2.29. The monoisotopic (exact) mass is 307 g/mol. The van der Waals surface area contributed by atoms with Crippen LogP contribution in [0.2, 0.25) is 4.34 Å². The van der Waals surface area contributed by atoms with Gasteiger partial charge in [0, 0.05) is 4.88 Å². The highest BCUT2D eigenvalue weighted by atomic mass is 35.5. The van der Waals surface area contributed by atoms with Crippen molar-refractivity contribution in [1.29, 1.82) is 5.26 Å². The van der Waals surface area contributed by atoms with Gasteiger partial charge in [0.2, 0.25) is 0 Å². The molecule has 0 aliphatic heterocycles. The number of halogens is 2. The molecule has 0 fully saturated rings. The number of rotatable bonds is 3. The van der Waals surface area contributed by atoms with E-state index in [1.807, 2.05) is 0 Å². The van der Waals surface area contributed by atoms with Gasteiger partial charge in [-0.1, -0.05) is 11.6 Å². The molecule has 0 atom stereocenters. The molecule has 0 aliphatic rings. The Balaban J connectivity index is 2.05. The Morgan fingerprint density at radius 2 is 2.25 bits per heavy atom. The molecule has 0 saturated heterocycles. The predicted molar refractivity (Wildman–Crippen MR) is 75.5 cm³/mol. The Hall–Kier alpha value is -2.23. The number of thiophene rings is 1. The number of benzene rings is 1. The number of amides is 1. The molecule has 1 heterocycles. The van der Waals surface area contributed by atoms with E-state index in [9.17, 15) is 9.18 Å². The van der Waals surface area contributed by atoms with E-state index in [1.165, 1.54) is 29.7 Å². The lowest BCUT2D eigenvalue weighted by molar-refractivity contribution is 0.0951. The first kappa shape index (κ1) is 14.2. The zero-order chi connectivity index (χ0) is 14.5. The maximum atomic E-state index is 13.6. The molecule has 0 radical (unpaired) electrons. The van der Waals surface area contributed by atoms with Crippen LogP contribution in [0, 0.1) is 17.1 Å². The molecular weight excluding hydrogens is 301 g/mol. The number of hydrogen-bond acceptors (Lipinski definition) is 4. The van der Waals surface area contributed by atoms with Gasteiger partial charge in [-0.2, -0.15) is 10.4 Å². The zero-order valence-electron chi connectivity index (χ0n) is 9.93. The predicted octanol–water partition coefficient (Wildman–Crippen LogP) is 3.18. The van der Waals surface area contributed by atoms with Gasteiger partial charge in [-0.3, -0.25) is 4.79 Å². The first-order chi connectivity index (χ1) is 9.60. The Bertz CT molecular complexity index is 721. The van der Waals surface area contributed by atoms with Crippen molar-refractivity contribution in [3.05, 3.63) is 56.5 Å². The second kappa shape index (κ2) is 6.28. The van der Waals surface area contributed by atoms with E-state index < -0.39 is 11.7 Å². The van der Waals surface area contributed by atoms with Crippen LogP contribution < -0.4 is 5.43 Å². The highest BCUT2D eigenvalue weighted by molar-refractivity contribution is 7.17. The summed E-state index contributed by atoms with van der Waals surface area (Å²) in [6, 6.07) is 8.83. The number of carbonyl (C=O) groups excluding carboxylic acids is 1. The minimum absolute atomic E-state index is 0.149. The highest BCUT2D eigenvalue weighted by Gasteiger charge is 2.11. The summed E-state index contributed by atoms with van der Waals surface area (Å²) in [4.78, 5) is 12.4. The summed E-state index contributed by atoms with van der Waals surface area (Å²) in [6.07, 6.45) is 1.41. The molecule has 0 unspecified atom stereocenters. The number of hydrogen-bond donors (Lipinski definition) is 1. The summed E-state index contributed by atoms with van der Waals surface area (Å²) in [7, 11) is 0. The van der Waals surface area contributed by atoms with Gasteiger partial charge in [0.1, 0.15) is 5.82 Å². The number of nitrogens with zero attached hydrogens (tertiary/aromatic N) is 2. The molecule has 0 spiro atoms. The van der Waals surface area contributed by atoms with Crippen LogP contribution in [-0.4, -0.2) is 12.1 Å². The number of carbonyl (C=O) groups is 1. The van der Waals surface area contributed by atoms with Crippen LogP contribution in [0.25, 0.3) is 0 Å². The number of nitriles is 1. The van der Waals surface area contributed by atoms with Crippen molar-refractivity contribution in [1.82, 2.24) is 5.43 Å². The molecule has 0 saturated carbocycles. The Labute approximate surface area is 123 Å². The third-order valence-corrected chi connectivity index (χ3v) is 3.46. The van der Waals surface area contributed by atoms with E-state index in [0.717, 1.165) is 10.9 Å². The lowest BCUT2D eigenvalue weighted by Gasteiger charge is -2.01. The molecule has 1 N–H and O–H groups in total. The van der Waals surface area contributed by atoms with Gasteiger partial charge in [0.05, 0.1) is 27.7 Å². The van der Waals surface area contributed by atoms with Crippen molar-refractivity contribution in [3.63, 3.8) is 0 Å². The normalized spacial score (nSPS) is 10.4.